The van der Waals surface area contributed by atoms with E-state index in [0.29, 0.717) is 26.0 Å². The molecule has 126 valence electrons. The molecule has 1 atom stereocenters. The van der Waals surface area contributed by atoms with Crippen molar-refractivity contribution in [2.24, 2.45) is 0 Å². The largest absolute Gasteiger partial charge is 0.385 e. The van der Waals surface area contributed by atoms with Gasteiger partial charge in [0.15, 0.2) is 0 Å². The number of nitrogens with zero attached hydrogens (tertiary/aromatic N) is 1. The molecule has 23 heavy (non-hydrogen) atoms. The van der Waals surface area contributed by atoms with Crippen molar-refractivity contribution in [2.45, 2.75) is 45.6 Å². The van der Waals surface area contributed by atoms with E-state index in [2.05, 4.69) is 5.32 Å². The zero-order chi connectivity index (χ0) is 17.0. The smallest absolute Gasteiger partial charge is 0.246 e. The van der Waals surface area contributed by atoms with Crippen molar-refractivity contribution in [3.8, 4) is 0 Å². The summed E-state index contributed by atoms with van der Waals surface area (Å²) in [6, 6.07) is 5.95. The van der Waals surface area contributed by atoms with Gasteiger partial charge in [-0.3, -0.25) is 14.5 Å². The van der Waals surface area contributed by atoms with E-state index in [1.807, 2.05) is 39.0 Å². The quantitative estimate of drug-likeness (QED) is 0.819. The fraction of sp³-hybridized carbons (Fsp3) is 0.556. The first-order chi connectivity index (χ1) is 10.9. The standard InChI is InChI=1S/C18H26N2O3/c1-13-6-7-15(14(2)12-13)20-16(21)8-9-18(20,3)17(22)19-10-5-11-23-4/h6-7,12H,5,8-11H2,1-4H3,(H,19,22). The normalized spacial score (nSPS) is 20.9. The molecule has 1 aliphatic heterocycles. The molecule has 0 radical (unpaired) electrons. The lowest BCUT2D eigenvalue weighted by molar-refractivity contribution is -0.127. The number of aryl methyl sites for hydroxylation is 2. The molecule has 1 fully saturated rings. The van der Waals surface area contributed by atoms with Crippen molar-refractivity contribution < 1.29 is 14.3 Å². The fourth-order valence-electron chi connectivity index (χ4n) is 3.13. The molecule has 1 saturated heterocycles. The van der Waals surface area contributed by atoms with E-state index >= 15 is 0 Å². The molecule has 0 saturated carbocycles. The molecule has 1 aromatic carbocycles. The highest BCUT2D eigenvalue weighted by atomic mass is 16.5. The maximum absolute atomic E-state index is 12.7. The Morgan fingerprint density at radius 3 is 2.78 bits per heavy atom. The Morgan fingerprint density at radius 2 is 2.13 bits per heavy atom. The first kappa shape index (κ1) is 17.5. The lowest BCUT2D eigenvalue weighted by Gasteiger charge is -2.35. The molecular weight excluding hydrogens is 292 g/mol. The van der Waals surface area contributed by atoms with Crippen LogP contribution >= 0.6 is 0 Å². The number of amides is 2. The van der Waals surface area contributed by atoms with Crippen LogP contribution in [0.2, 0.25) is 0 Å². The number of benzene rings is 1. The van der Waals surface area contributed by atoms with Crippen molar-refractivity contribution in [3.05, 3.63) is 29.3 Å². The molecule has 0 bridgehead atoms. The molecule has 2 rings (SSSR count). The highest BCUT2D eigenvalue weighted by molar-refractivity contribution is 6.06. The van der Waals surface area contributed by atoms with Gasteiger partial charge in [-0.25, -0.2) is 0 Å². The third-order valence-electron chi connectivity index (χ3n) is 4.46. The molecule has 1 aromatic rings. The summed E-state index contributed by atoms with van der Waals surface area (Å²) in [5.74, 6) is -0.0917. The van der Waals surface area contributed by atoms with Crippen LogP contribution in [0.3, 0.4) is 0 Å². The van der Waals surface area contributed by atoms with Gasteiger partial charge in [0.05, 0.1) is 0 Å². The highest BCUT2D eigenvalue weighted by Crippen LogP contribution is 2.37. The second kappa shape index (κ2) is 7.13. The van der Waals surface area contributed by atoms with Crippen molar-refractivity contribution in [3.63, 3.8) is 0 Å². The summed E-state index contributed by atoms with van der Waals surface area (Å²) in [4.78, 5) is 26.8. The molecule has 1 heterocycles. The summed E-state index contributed by atoms with van der Waals surface area (Å²) in [5, 5.41) is 2.94. The molecule has 1 N–H and O–H groups in total. The van der Waals surface area contributed by atoms with Gasteiger partial charge < -0.3 is 10.1 Å². The number of carbonyl (C=O) groups is 2. The van der Waals surface area contributed by atoms with Crippen LogP contribution in [-0.2, 0) is 14.3 Å². The maximum Gasteiger partial charge on any atom is 0.246 e. The highest BCUT2D eigenvalue weighted by Gasteiger charge is 2.48. The van der Waals surface area contributed by atoms with Crippen LogP contribution in [0.4, 0.5) is 5.69 Å². The van der Waals surface area contributed by atoms with E-state index in [9.17, 15) is 9.59 Å². The van der Waals surface area contributed by atoms with Gasteiger partial charge in [0.1, 0.15) is 5.54 Å². The van der Waals surface area contributed by atoms with E-state index in [1.54, 1.807) is 12.0 Å². The van der Waals surface area contributed by atoms with Gasteiger partial charge in [-0.05, 0) is 45.2 Å². The van der Waals surface area contributed by atoms with Crippen molar-refractivity contribution >= 4 is 17.5 Å². The van der Waals surface area contributed by atoms with Crippen LogP contribution in [0, 0.1) is 13.8 Å². The molecule has 2 amide bonds. The Labute approximate surface area is 138 Å². The topological polar surface area (TPSA) is 58.6 Å². The Balaban J connectivity index is 2.22. The second-order valence-corrected chi connectivity index (χ2v) is 6.40. The number of anilines is 1. The van der Waals surface area contributed by atoms with E-state index in [-0.39, 0.29) is 11.8 Å². The van der Waals surface area contributed by atoms with Gasteiger partial charge >= 0.3 is 0 Å². The fourth-order valence-corrected chi connectivity index (χ4v) is 3.13. The molecule has 0 spiro atoms. The molecule has 0 aliphatic carbocycles. The van der Waals surface area contributed by atoms with Crippen molar-refractivity contribution in [1.82, 2.24) is 5.32 Å². The summed E-state index contributed by atoms with van der Waals surface area (Å²) in [7, 11) is 1.64. The van der Waals surface area contributed by atoms with Crippen LogP contribution in [0.5, 0.6) is 0 Å². The van der Waals surface area contributed by atoms with Crippen LogP contribution in [0.1, 0.15) is 37.3 Å². The van der Waals surface area contributed by atoms with Gasteiger partial charge in [0.25, 0.3) is 0 Å². The number of hydrogen-bond acceptors (Lipinski definition) is 3. The Morgan fingerprint density at radius 1 is 1.39 bits per heavy atom. The van der Waals surface area contributed by atoms with Gasteiger partial charge in [-0.15, -0.1) is 0 Å². The van der Waals surface area contributed by atoms with Crippen LogP contribution in [-0.4, -0.2) is 37.6 Å². The number of nitrogens with one attached hydrogen (secondary N) is 1. The molecule has 1 aliphatic rings. The third kappa shape index (κ3) is 3.55. The average Bonchev–Trinajstić information content (AvgIpc) is 2.81. The Hall–Kier alpha value is -1.88. The minimum Gasteiger partial charge on any atom is -0.385 e. The Bertz CT molecular complexity index is 600. The number of rotatable bonds is 6. The lowest BCUT2D eigenvalue weighted by Crippen LogP contribution is -2.55. The summed E-state index contributed by atoms with van der Waals surface area (Å²) in [6.45, 7) is 7.01. The predicted molar refractivity (Wildman–Crippen MR) is 90.5 cm³/mol. The third-order valence-corrected chi connectivity index (χ3v) is 4.46. The SMILES string of the molecule is COCCCNC(=O)C1(C)CCC(=O)N1c1ccc(C)cc1C. The molecule has 1 unspecified atom stereocenters. The summed E-state index contributed by atoms with van der Waals surface area (Å²) in [6.07, 6.45) is 1.69. The van der Waals surface area contributed by atoms with E-state index in [4.69, 9.17) is 4.74 Å². The first-order valence-corrected chi connectivity index (χ1v) is 8.07. The number of hydrogen-bond donors (Lipinski definition) is 1. The van der Waals surface area contributed by atoms with Crippen LogP contribution < -0.4 is 10.2 Å². The summed E-state index contributed by atoms with van der Waals surface area (Å²) < 4.78 is 4.99. The lowest BCUT2D eigenvalue weighted by atomic mass is 9.96. The average molecular weight is 318 g/mol. The van der Waals surface area contributed by atoms with Crippen LogP contribution in [0.15, 0.2) is 18.2 Å². The molecule has 5 nitrogen and oxygen atoms in total. The zero-order valence-electron chi connectivity index (χ0n) is 14.4. The van der Waals surface area contributed by atoms with Gasteiger partial charge in [-0.1, -0.05) is 17.7 Å². The zero-order valence-corrected chi connectivity index (χ0v) is 14.4. The monoisotopic (exact) mass is 318 g/mol. The summed E-state index contributed by atoms with van der Waals surface area (Å²) >= 11 is 0. The number of ether oxygens (including phenoxy) is 1. The summed E-state index contributed by atoms with van der Waals surface area (Å²) in [5.41, 5.74) is 2.15. The number of methoxy groups -OCH3 is 1. The Kier molecular flexibility index (Phi) is 5.42. The van der Waals surface area contributed by atoms with Crippen molar-refractivity contribution in [1.29, 1.82) is 0 Å². The van der Waals surface area contributed by atoms with Gasteiger partial charge in [0, 0.05) is 32.4 Å². The van der Waals surface area contributed by atoms with E-state index < -0.39 is 5.54 Å². The van der Waals surface area contributed by atoms with Gasteiger partial charge in [-0.2, -0.15) is 0 Å². The van der Waals surface area contributed by atoms with E-state index in [0.717, 1.165) is 23.2 Å². The first-order valence-electron chi connectivity index (χ1n) is 8.07. The van der Waals surface area contributed by atoms with Crippen LogP contribution in [0.25, 0.3) is 0 Å². The minimum absolute atomic E-state index is 0.00601. The minimum atomic E-state index is -0.829. The molecule has 0 aromatic heterocycles. The maximum atomic E-state index is 12.7. The van der Waals surface area contributed by atoms with E-state index in [1.165, 1.54) is 0 Å². The number of carbonyl (C=O) groups excluding carboxylic acids is 2. The predicted octanol–water partition coefficient (Wildman–Crippen LogP) is 2.34. The van der Waals surface area contributed by atoms with Gasteiger partial charge in [0.2, 0.25) is 11.8 Å². The second-order valence-electron chi connectivity index (χ2n) is 6.40. The van der Waals surface area contributed by atoms with Crippen molar-refractivity contribution in [2.75, 3.05) is 25.2 Å². The molecule has 5 heteroatoms. The molecular formula is C18H26N2O3.